The lowest BCUT2D eigenvalue weighted by Crippen LogP contribution is -2.42. The van der Waals surface area contributed by atoms with Crippen LogP contribution in [0, 0.1) is 12.8 Å². The Kier molecular flexibility index (Phi) is 8.25. The summed E-state index contributed by atoms with van der Waals surface area (Å²) in [6.07, 6.45) is 2.25. The number of sulfonamides is 1. The maximum Gasteiger partial charge on any atom is 0.250 e. The van der Waals surface area contributed by atoms with Crippen molar-refractivity contribution in [2.24, 2.45) is 16.6 Å². The number of thiophene rings is 1. The number of rotatable bonds is 5. The maximum atomic E-state index is 12.0. The highest BCUT2D eigenvalue weighted by Gasteiger charge is 2.17. The number of hydrogen-bond donors (Lipinski definition) is 2. The number of piperidine rings is 1. The summed E-state index contributed by atoms with van der Waals surface area (Å²) in [4.78, 5) is 7.31. The van der Waals surface area contributed by atoms with Crippen LogP contribution in [0.1, 0.15) is 24.6 Å². The van der Waals surface area contributed by atoms with Gasteiger partial charge in [0.1, 0.15) is 4.21 Å². The number of nitrogens with two attached hydrogens (primary N) is 1. The van der Waals surface area contributed by atoms with Crippen LogP contribution in [0.25, 0.3) is 0 Å². The van der Waals surface area contributed by atoms with Gasteiger partial charge >= 0.3 is 0 Å². The third kappa shape index (κ3) is 6.20. The lowest BCUT2D eigenvalue weighted by molar-refractivity contribution is 0.277. The molecule has 9 heteroatoms. The molecule has 2 rings (SSSR count). The summed E-state index contributed by atoms with van der Waals surface area (Å²) in [5, 5.41) is 0. The Balaban J connectivity index is 0.00000264. The van der Waals surface area contributed by atoms with Gasteiger partial charge in [-0.05, 0) is 37.8 Å². The minimum Gasteiger partial charge on any atom is -0.370 e. The molecule has 2 heterocycles. The van der Waals surface area contributed by atoms with Crippen LogP contribution in [0.3, 0.4) is 0 Å². The zero-order chi connectivity index (χ0) is 16.2. The monoisotopic (exact) mass is 472 g/mol. The first-order valence-corrected chi connectivity index (χ1v) is 9.79. The second-order valence-corrected chi connectivity index (χ2v) is 8.95. The smallest absolute Gasteiger partial charge is 0.250 e. The van der Waals surface area contributed by atoms with Gasteiger partial charge in [0.15, 0.2) is 5.96 Å². The molecule has 1 saturated heterocycles. The predicted molar refractivity (Wildman–Crippen MR) is 106 cm³/mol. The van der Waals surface area contributed by atoms with E-state index in [2.05, 4.69) is 21.5 Å². The van der Waals surface area contributed by atoms with Gasteiger partial charge in [0.05, 0.1) is 6.54 Å². The van der Waals surface area contributed by atoms with Gasteiger partial charge in [-0.3, -0.25) is 4.99 Å². The zero-order valence-electron chi connectivity index (χ0n) is 13.5. The third-order valence-electron chi connectivity index (χ3n) is 3.77. The molecule has 0 radical (unpaired) electrons. The number of aryl methyl sites for hydroxylation is 1. The van der Waals surface area contributed by atoms with Crippen molar-refractivity contribution in [1.29, 1.82) is 0 Å². The first-order chi connectivity index (χ1) is 10.4. The number of hydrogen-bond acceptors (Lipinski definition) is 4. The molecule has 1 aliphatic rings. The molecule has 3 N–H and O–H groups in total. The lowest BCUT2D eigenvalue weighted by Gasteiger charge is -2.31. The van der Waals surface area contributed by atoms with E-state index in [1.165, 1.54) is 11.3 Å². The summed E-state index contributed by atoms with van der Waals surface area (Å²) in [5.74, 6) is 1.25. The number of nitrogens with zero attached hydrogens (tertiary/aromatic N) is 2. The number of guanidine groups is 1. The van der Waals surface area contributed by atoms with Crippen molar-refractivity contribution in [3.05, 3.63) is 17.0 Å². The molecule has 1 fully saturated rings. The van der Waals surface area contributed by atoms with Gasteiger partial charge in [-0.15, -0.1) is 35.3 Å². The standard InChI is InChI=1S/C14H24N4O2S2.HI/c1-11-5-9-18(10-6-11)14(15)16-7-8-17-22(19,20)13-4-3-12(2)21-13;/h3-4,11,17H,5-10H2,1-2H3,(H2,15,16);1H. The fraction of sp³-hybridized carbons (Fsp3) is 0.643. The highest BCUT2D eigenvalue weighted by molar-refractivity contribution is 14.0. The number of nitrogens with one attached hydrogen (secondary N) is 1. The molecule has 0 aliphatic carbocycles. The van der Waals surface area contributed by atoms with E-state index >= 15 is 0 Å². The molecule has 23 heavy (non-hydrogen) atoms. The van der Waals surface area contributed by atoms with Crippen molar-refractivity contribution in [1.82, 2.24) is 9.62 Å². The Morgan fingerprint density at radius 3 is 2.65 bits per heavy atom. The van der Waals surface area contributed by atoms with E-state index in [1.807, 2.05) is 6.92 Å². The topological polar surface area (TPSA) is 87.8 Å². The van der Waals surface area contributed by atoms with Gasteiger partial charge < -0.3 is 10.6 Å². The minimum absolute atomic E-state index is 0. The average molecular weight is 472 g/mol. The molecule has 0 bridgehead atoms. The Morgan fingerprint density at radius 1 is 1.43 bits per heavy atom. The predicted octanol–water partition coefficient (Wildman–Crippen LogP) is 2.00. The van der Waals surface area contributed by atoms with Crippen LogP contribution in [0.15, 0.2) is 21.3 Å². The van der Waals surface area contributed by atoms with Gasteiger partial charge in [0.25, 0.3) is 0 Å². The summed E-state index contributed by atoms with van der Waals surface area (Å²) >= 11 is 1.26. The Labute approximate surface area is 159 Å². The quantitative estimate of drug-likeness (QED) is 0.297. The number of aliphatic imine (C=N–C) groups is 1. The molecule has 1 aromatic heterocycles. The van der Waals surface area contributed by atoms with Crippen LogP contribution in [-0.4, -0.2) is 45.5 Å². The van der Waals surface area contributed by atoms with Crippen LogP contribution >= 0.6 is 35.3 Å². The summed E-state index contributed by atoms with van der Waals surface area (Å²) in [7, 11) is -3.42. The van der Waals surface area contributed by atoms with E-state index in [0.717, 1.165) is 36.7 Å². The van der Waals surface area contributed by atoms with Crippen LogP contribution in [0.2, 0.25) is 0 Å². The number of likely N-dealkylation sites (tertiary alicyclic amines) is 1. The molecule has 132 valence electrons. The molecular weight excluding hydrogens is 447 g/mol. The molecule has 0 amide bonds. The molecule has 6 nitrogen and oxygen atoms in total. The molecular formula is C14H25IN4O2S2. The summed E-state index contributed by atoms with van der Waals surface area (Å²) in [5.41, 5.74) is 5.96. The molecule has 0 aromatic carbocycles. The highest BCUT2D eigenvalue weighted by atomic mass is 127. The second kappa shape index (κ2) is 9.19. The summed E-state index contributed by atoms with van der Waals surface area (Å²) in [6.45, 7) is 6.58. The summed E-state index contributed by atoms with van der Waals surface area (Å²) in [6, 6.07) is 3.42. The third-order valence-corrected chi connectivity index (χ3v) is 6.72. The average Bonchev–Trinajstić information content (AvgIpc) is 2.92. The van der Waals surface area contributed by atoms with E-state index in [0.29, 0.717) is 16.7 Å². The van der Waals surface area contributed by atoms with Gasteiger partial charge in [-0.2, -0.15) is 0 Å². The molecule has 0 spiro atoms. The first-order valence-electron chi connectivity index (χ1n) is 7.49. The first kappa shape index (κ1) is 20.7. The normalized spacial score (nSPS) is 17.1. The van der Waals surface area contributed by atoms with Gasteiger partial charge in [-0.1, -0.05) is 6.92 Å². The van der Waals surface area contributed by atoms with Gasteiger partial charge in [0, 0.05) is 24.5 Å². The Hall–Kier alpha value is -0.390. The maximum absolute atomic E-state index is 12.0. The van der Waals surface area contributed by atoms with Crippen molar-refractivity contribution in [3.8, 4) is 0 Å². The van der Waals surface area contributed by atoms with E-state index in [9.17, 15) is 8.42 Å². The van der Waals surface area contributed by atoms with E-state index in [-0.39, 0.29) is 30.5 Å². The second-order valence-electron chi connectivity index (χ2n) is 5.67. The molecule has 1 aliphatic heterocycles. The van der Waals surface area contributed by atoms with Crippen LogP contribution in [-0.2, 0) is 10.0 Å². The van der Waals surface area contributed by atoms with Gasteiger partial charge in [-0.25, -0.2) is 13.1 Å². The van der Waals surface area contributed by atoms with E-state index in [1.54, 1.807) is 12.1 Å². The van der Waals surface area contributed by atoms with Crippen molar-refractivity contribution in [2.75, 3.05) is 26.2 Å². The van der Waals surface area contributed by atoms with E-state index < -0.39 is 10.0 Å². The van der Waals surface area contributed by atoms with Crippen molar-refractivity contribution >= 4 is 51.3 Å². The van der Waals surface area contributed by atoms with Crippen LogP contribution in [0.5, 0.6) is 0 Å². The van der Waals surface area contributed by atoms with Crippen molar-refractivity contribution < 1.29 is 8.42 Å². The SMILES string of the molecule is Cc1ccc(S(=O)(=O)NCCN=C(N)N2CCC(C)CC2)s1.I. The molecule has 0 unspecified atom stereocenters. The highest BCUT2D eigenvalue weighted by Crippen LogP contribution is 2.20. The van der Waals surface area contributed by atoms with Crippen LogP contribution < -0.4 is 10.5 Å². The fourth-order valence-electron chi connectivity index (χ4n) is 2.32. The van der Waals surface area contributed by atoms with Crippen molar-refractivity contribution in [3.63, 3.8) is 0 Å². The molecule has 0 atom stereocenters. The molecule has 1 aromatic rings. The minimum atomic E-state index is -3.42. The van der Waals surface area contributed by atoms with Crippen molar-refractivity contribution in [2.45, 2.75) is 30.9 Å². The summed E-state index contributed by atoms with van der Waals surface area (Å²) < 4.78 is 27.0. The van der Waals surface area contributed by atoms with E-state index in [4.69, 9.17) is 5.73 Å². The zero-order valence-corrected chi connectivity index (χ0v) is 17.5. The Morgan fingerprint density at radius 2 is 2.09 bits per heavy atom. The number of halogens is 1. The lowest BCUT2D eigenvalue weighted by atomic mass is 10.00. The van der Waals surface area contributed by atoms with Crippen LogP contribution in [0.4, 0.5) is 0 Å². The Bertz CT molecular complexity index is 622. The molecule has 0 saturated carbocycles. The largest absolute Gasteiger partial charge is 0.370 e. The fourth-order valence-corrected chi connectivity index (χ4v) is 4.66. The van der Waals surface area contributed by atoms with Gasteiger partial charge in [0.2, 0.25) is 10.0 Å².